The molecule has 100 valence electrons. The van der Waals surface area contributed by atoms with Crippen LogP contribution in [0.2, 0.25) is 5.02 Å². The Morgan fingerprint density at radius 2 is 2.11 bits per heavy atom. The van der Waals surface area contributed by atoms with Gasteiger partial charge < -0.3 is 10.4 Å². The lowest BCUT2D eigenvalue weighted by Gasteiger charge is -2.18. The minimum absolute atomic E-state index is 0.264. The predicted octanol–water partition coefficient (Wildman–Crippen LogP) is 2.98. The van der Waals surface area contributed by atoms with Crippen molar-refractivity contribution in [2.24, 2.45) is 11.8 Å². The van der Waals surface area contributed by atoms with E-state index in [9.17, 15) is 9.50 Å². The summed E-state index contributed by atoms with van der Waals surface area (Å²) in [6, 6.07) is 4.75. The van der Waals surface area contributed by atoms with E-state index in [0.29, 0.717) is 29.0 Å². The Labute approximate surface area is 112 Å². The maximum Gasteiger partial charge on any atom is 0.129 e. The van der Waals surface area contributed by atoms with Crippen LogP contribution in [-0.4, -0.2) is 18.3 Å². The van der Waals surface area contributed by atoms with Gasteiger partial charge in [-0.2, -0.15) is 0 Å². The second kappa shape index (κ2) is 6.50. The molecule has 1 aliphatic rings. The maximum absolute atomic E-state index is 13.5. The number of aliphatic hydroxyl groups excluding tert-OH is 1. The van der Waals surface area contributed by atoms with Crippen molar-refractivity contribution in [2.75, 3.05) is 13.2 Å². The van der Waals surface area contributed by atoms with Crippen molar-refractivity contribution >= 4 is 11.6 Å². The lowest BCUT2D eigenvalue weighted by atomic mass is 9.97. The molecule has 2 unspecified atom stereocenters. The van der Waals surface area contributed by atoms with Gasteiger partial charge in [-0.05, 0) is 43.4 Å². The maximum atomic E-state index is 13.5. The number of benzene rings is 1. The molecule has 2 nitrogen and oxygen atoms in total. The number of rotatable bonds is 5. The molecule has 0 bridgehead atoms. The van der Waals surface area contributed by atoms with Crippen LogP contribution in [-0.2, 0) is 6.54 Å². The standard InChI is InChI=1S/C14H19ClFNO/c15-13-5-4-11(14(16)6-13)8-17-7-10-2-1-3-12(10)9-18/h4-6,10,12,17-18H,1-3,7-9H2. The number of hydrogen-bond donors (Lipinski definition) is 2. The summed E-state index contributed by atoms with van der Waals surface area (Å²) in [5, 5.41) is 12.9. The van der Waals surface area contributed by atoms with Crippen LogP contribution in [0.4, 0.5) is 4.39 Å². The zero-order chi connectivity index (χ0) is 13.0. The van der Waals surface area contributed by atoms with E-state index in [-0.39, 0.29) is 12.4 Å². The predicted molar refractivity (Wildman–Crippen MR) is 71.0 cm³/mol. The number of hydrogen-bond acceptors (Lipinski definition) is 2. The Hall–Kier alpha value is -0.640. The number of aliphatic hydroxyl groups is 1. The van der Waals surface area contributed by atoms with Crippen LogP contribution in [0.1, 0.15) is 24.8 Å². The van der Waals surface area contributed by atoms with Crippen LogP contribution >= 0.6 is 11.6 Å². The van der Waals surface area contributed by atoms with Crippen LogP contribution in [0.5, 0.6) is 0 Å². The molecule has 0 aromatic heterocycles. The summed E-state index contributed by atoms with van der Waals surface area (Å²) in [4.78, 5) is 0. The largest absolute Gasteiger partial charge is 0.396 e. The van der Waals surface area contributed by atoms with E-state index in [0.717, 1.165) is 19.4 Å². The monoisotopic (exact) mass is 271 g/mol. The van der Waals surface area contributed by atoms with Gasteiger partial charge in [-0.1, -0.05) is 24.1 Å². The van der Waals surface area contributed by atoms with Crippen molar-refractivity contribution in [3.05, 3.63) is 34.6 Å². The van der Waals surface area contributed by atoms with Gasteiger partial charge in [0, 0.05) is 23.7 Å². The van der Waals surface area contributed by atoms with Crippen LogP contribution in [0, 0.1) is 17.7 Å². The van der Waals surface area contributed by atoms with Crippen molar-refractivity contribution in [1.82, 2.24) is 5.32 Å². The molecule has 2 rings (SSSR count). The highest BCUT2D eigenvalue weighted by Gasteiger charge is 2.25. The van der Waals surface area contributed by atoms with Crippen LogP contribution in [0.15, 0.2) is 18.2 Å². The molecule has 0 heterocycles. The molecule has 0 spiro atoms. The molecule has 1 aliphatic carbocycles. The van der Waals surface area contributed by atoms with Gasteiger partial charge in [-0.25, -0.2) is 4.39 Å². The van der Waals surface area contributed by atoms with Crippen LogP contribution < -0.4 is 5.32 Å². The first-order chi connectivity index (χ1) is 8.70. The second-order valence-corrected chi connectivity index (χ2v) is 5.44. The molecule has 0 radical (unpaired) electrons. The highest BCUT2D eigenvalue weighted by molar-refractivity contribution is 6.30. The van der Waals surface area contributed by atoms with Crippen molar-refractivity contribution in [1.29, 1.82) is 0 Å². The molecule has 18 heavy (non-hydrogen) atoms. The topological polar surface area (TPSA) is 32.3 Å². The average Bonchev–Trinajstić information content (AvgIpc) is 2.79. The fraction of sp³-hybridized carbons (Fsp3) is 0.571. The smallest absolute Gasteiger partial charge is 0.129 e. The molecule has 1 fully saturated rings. The summed E-state index contributed by atoms with van der Waals surface area (Å²) in [7, 11) is 0. The summed E-state index contributed by atoms with van der Waals surface area (Å²) in [5.41, 5.74) is 0.637. The van der Waals surface area contributed by atoms with Gasteiger partial charge in [-0.3, -0.25) is 0 Å². The van der Waals surface area contributed by atoms with Gasteiger partial charge in [0.25, 0.3) is 0 Å². The Morgan fingerprint density at radius 3 is 2.83 bits per heavy atom. The first kappa shape index (κ1) is 13.8. The third kappa shape index (κ3) is 3.44. The van der Waals surface area contributed by atoms with Crippen molar-refractivity contribution in [2.45, 2.75) is 25.8 Å². The fourth-order valence-corrected chi connectivity index (χ4v) is 2.84. The third-order valence-corrected chi connectivity index (χ3v) is 4.02. The van der Waals surface area contributed by atoms with E-state index in [1.54, 1.807) is 12.1 Å². The molecule has 2 atom stereocenters. The van der Waals surface area contributed by atoms with Gasteiger partial charge in [0.2, 0.25) is 0 Å². The highest BCUT2D eigenvalue weighted by atomic mass is 35.5. The zero-order valence-electron chi connectivity index (χ0n) is 10.3. The van der Waals surface area contributed by atoms with Crippen molar-refractivity contribution in [3.63, 3.8) is 0 Å². The van der Waals surface area contributed by atoms with E-state index >= 15 is 0 Å². The fourth-order valence-electron chi connectivity index (χ4n) is 2.68. The minimum Gasteiger partial charge on any atom is -0.396 e. The summed E-state index contributed by atoms with van der Waals surface area (Å²) >= 11 is 5.70. The number of nitrogens with one attached hydrogen (secondary N) is 1. The van der Waals surface area contributed by atoms with Gasteiger partial charge >= 0.3 is 0 Å². The Morgan fingerprint density at radius 1 is 1.33 bits per heavy atom. The van der Waals surface area contributed by atoms with Crippen molar-refractivity contribution in [3.8, 4) is 0 Å². The highest BCUT2D eigenvalue weighted by Crippen LogP contribution is 2.30. The first-order valence-corrected chi connectivity index (χ1v) is 6.84. The molecule has 1 aromatic rings. The van der Waals surface area contributed by atoms with E-state index in [1.807, 2.05) is 0 Å². The minimum atomic E-state index is -0.264. The summed E-state index contributed by atoms with van der Waals surface area (Å²) in [6.07, 6.45) is 3.45. The third-order valence-electron chi connectivity index (χ3n) is 3.79. The number of halogens is 2. The summed E-state index contributed by atoms with van der Waals surface area (Å²) in [6.45, 7) is 1.62. The molecular formula is C14H19ClFNO. The quantitative estimate of drug-likeness (QED) is 0.863. The lowest BCUT2D eigenvalue weighted by Crippen LogP contribution is -2.26. The molecule has 2 N–H and O–H groups in total. The Bertz CT molecular complexity index is 399. The first-order valence-electron chi connectivity index (χ1n) is 6.46. The molecular weight excluding hydrogens is 253 g/mol. The average molecular weight is 272 g/mol. The van der Waals surface area contributed by atoms with E-state index in [4.69, 9.17) is 11.6 Å². The molecule has 1 aromatic carbocycles. The van der Waals surface area contributed by atoms with Gasteiger partial charge in [0.15, 0.2) is 0 Å². The molecule has 1 saturated carbocycles. The van der Waals surface area contributed by atoms with Crippen LogP contribution in [0.3, 0.4) is 0 Å². The Kier molecular flexibility index (Phi) is 4.98. The molecule has 0 aliphatic heterocycles. The van der Waals surface area contributed by atoms with Gasteiger partial charge in [-0.15, -0.1) is 0 Å². The normalized spacial score (nSPS) is 23.5. The van der Waals surface area contributed by atoms with Crippen molar-refractivity contribution < 1.29 is 9.50 Å². The molecule has 0 saturated heterocycles. The molecule has 4 heteroatoms. The van der Waals surface area contributed by atoms with Crippen LogP contribution in [0.25, 0.3) is 0 Å². The summed E-state index contributed by atoms with van der Waals surface area (Å²) in [5.74, 6) is 0.665. The van der Waals surface area contributed by atoms with Gasteiger partial charge in [0.05, 0.1) is 0 Å². The van der Waals surface area contributed by atoms with E-state index < -0.39 is 0 Å². The summed E-state index contributed by atoms with van der Waals surface area (Å²) < 4.78 is 13.5. The van der Waals surface area contributed by atoms with E-state index in [1.165, 1.54) is 12.5 Å². The van der Waals surface area contributed by atoms with Gasteiger partial charge in [0.1, 0.15) is 5.82 Å². The molecule has 0 amide bonds. The van der Waals surface area contributed by atoms with E-state index in [2.05, 4.69) is 5.32 Å². The zero-order valence-corrected chi connectivity index (χ0v) is 11.1. The second-order valence-electron chi connectivity index (χ2n) is 5.00. The SMILES string of the molecule is OCC1CCCC1CNCc1ccc(Cl)cc1F. The Balaban J connectivity index is 1.81. The lowest BCUT2D eigenvalue weighted by molar-refractivity contribution is 0.192.